The van der Waals surface area contributed by atoms with Crippen LogP contribution in [0.1, 0.15) is 66.1 Å². The van der Waals surface area contributed by atoms with E-state index in [1.165, 1.54) is 4.57 Å². The molecule has 0 saturated heterocycles. The number of aromatic nitrogens is 4. The zero-order valence-corrected chi connectivity index (χ0v) is 16.9. The lowest BCUT2D eigenvalue weighted by Gasteiger charge is -2.16. The smallest absolute Gasteiger partial charge is 0.330 e. The van der Waals surface area contributed by atoms with Crippen molar-refractivity contribution < 1.29 is 9.53 Å². The molecule has 27 heavy (non-hydrogen) atoms. The Morgan fingerprint density at radius 3 is 2.41 bits per heavy atom. The first-order valence-electron chi connectivity index (χ1n) is 9.55. The molecule has 0 fully saturated rings. The number of carbonyl (C=O) groups is 1. The summed E-state index contributed by atoms with van der Waals surface area (Å²) in [5.41, 5.74) is -0.380. The summed E-state index contributed by atoms with van der Waals surface area (Å²) in [4.78, 5) is 43.6. The molecule has 8 heteroatoms. The third kappa shape index (κ3) is 5.08. The molecule has 0 saturated carbocycles. The maximum Gasteiger partial charge on any atom is 0.330 e. The minimum Gasteiger partial charge on any atom is -0.457 e. The number of nitrogens with one attached hydrogen (secondary N) is 1. The van der Waals surface area contributed by atoms with Crippen molar-refractivity contribution in [3.8, 4) is 0 Å². The number of fused-ring (bicyclic) bond motifs is 1. The monoisotopic (exact) mass is 378 g/mol. The van der Waals surface area contributed by atoms with Gasteiger partial charge in [0.05, 0.1) is 6.42 Å². The second kappa shape index (κ2) is 8.54. The van der Waals surface area contributed by atoms with Gasteiger partial charge in [-0.1, -0.05) is 41.0 Å². The number of imidazole rings is 1. The SMILES string of the molecule is CCCCn1c(=O)[nH]c(=O)c2c1nc(COC(=O)CC(C)(C)C)n2CCC. The van der Waals surface area contributed by atoms with Crippen LogP contribution in [0.4, 0.5) is 0 Å². The van der Waals surface area contributed by atoms with Crippen molar-refractivity contribution in [3.05, 3.63) is 26.7 Å². The van der Waals surface area contributed by atoms with Crippen LogP contribution in [0, 0.1) is 5.41 Å². The molecular formula is C19H30N4O4. The summed E-state index contributed by atoms with van der Waals surface area (Å²) in [5, 5.41) is 0. The Morgan fingerprint density at radius 1 is 1.11 bits per heavy atom. The van der Waals surface area contributed by atoms with E-state index < -0.39 is 11.2 Å². The molecule has 0 bridgehead atoms. The molecule has 0 spiro atoms. The van der Waals surface area contributed by atoms with Crippen LogP contribution in [0.3, 0.4) is 0 Å². The fourth-order valence-corrected chi connectivity index (χ4v) is 2.95. The summed E-state index contributed by atoms with van der Waals surface area (Å²) in [6.45, 7) is 10.9. The van der Waals surface area contributed by atoms with E-state index in [1.54, 1.807) is 4.57 Å². The first-order chi connectivity index (χ1) is 12.7. The molecule has 0 unspecified atom stereocenters. The predicted octanol–water partition coefficient (Wildman–Crippen LogP) is 2.58. The lowest BCUT2D eigenvalue weighted by atomic mass is 9.93. The number of carbonyl (C=O) groups excluding carboxylic acids is 1. The van der Waals surface area contributed by atoms with Crippen LogP contribution in [0.5, 0.6) is 0 Å². The van der Waals surface area contributed by atoms with Crippen molar-refractivity contribution in [2.75, 3.05) is 0 Å². The minimum absolute atomic E-state index is 0.0228. The molecule has 2 aromatic heterocycles. The van der Waals surface area contributed by atoms with Gasteiger partial charge in [-0.15, -0.1) is 0 Å². The zero-order chi connectivity index (χ0) is 20.2. The van der Waals surface area contributed by atoms with Crippen LogP contribution < -0.4 is 11.2 Å². The number of unbranched alkanes of at least 4 members (excludes halogenated alkanes) is 1. The van der Waals surface area contributed by atoms with Crippen molar-refractivity contribution in [1.82, 2.24) is 19.1 Å². The summed E-state index contributed by atoms with van der Waals surface area (Å²) in [6, 6.07) is 0. The third-order valence-electron chi connectivity index (χ3n) is 4.18. The van der Waals surface area contributed by atoms with Crippen molar-refractivity contribution in [2.24, 2.45) is 5.41 Å². The Balaban J connectivity index is 2.45. The van der Waals surface area contributed by atoms with Crippen molar-refractivity contribution >= 4 is 17.1 Å². The number of H-pyrrole nitrogens is 1. The molecule has 0 aliphatic carbocycles. The van der Waals surface area contributed by atoms with Gasteiger partial charge in [0.1, 0.15) is 12.4 Å². The summed E-state index contributed by atoms with van der Waals surface area (Å²) in [7, 11) is 0. The van der Waals surface area contributed by atoms with Crippen molar-refractivity contribution in [2.45, 2.75) is 80.0 Å². The lowest BCUT2D eigenvalue weighted by molar-refractivity contribution is -0.147. The molecule has 0 radical (unpaired) electrons. The molecular weight excluding hydrogens is 348 g/mol. The molecule has 2 aromatic rings. The van der Waals surface area contributed by atoms with Crippen LogP contribution in [-0.2, 0) is 29.2 Å². The van der Waals surface area contributed by atoms with E-state index in [1.807, 2.05) is 34.6 Å². The largest absolute Gasteiger partial charge is 0.457 e. The number of hydrogen-bond acceptors (Lipinski definition) is 5. The van der Waals surface area contributed by atoms with Gasteiger partial charge >= 0.3 is 11.7 Å². The third-order valence-corrected chi connectivity index (χ3v) is 4.18. The van der Waals surface area contributed by atoms with Crippen LogP contribution in [0.15, 0.2) is 9.59 Å². The van der Waals surface area contributed by atoms with Gasteiger partial charge < -0.3 is 9.30 Å². The number of nitrogens with zero attached hydrogens (tertiary/aromatic N) is 3. The number of aromatic amines is 1. The number of aryl methyl sites for hydroxylation is 2. The Labute approximate surface area is 158 Å². The number of ether oxygens (including phenoxy) is 1. The van der Waals surface area contributed by atoms with Gasteiger partial charge in [0.15, 0.2) is 11.2 Å². The van der Waals surface area contributed by atoms with E-state index in [0.717, 1.165) is 19.3 Å². The summed E-state index contributed by atoms with van der Waals surface area (Å²) in [5.74, 6) is 0.172. The molecule has 2 heterocycles. The number of esters is 1. The fraction of sp³-hybridized carbons (Fsp3) is 0.684. The first-order valence-corrected chi connectivity index (χ1v) is 9.55. The Bertz CT molecular complexity index is 915. The molecule has 0 aliphatic heterocycles. The lowest BCUT2D eigenvalue weighted by Crippen LogP contribution is -2.31. The van der Waals surface area contributed by atoms with Crippen LogP contribution >= 0.6 is 0 Å². The summed E-state index contributed by atoms with van der Waals surface area (Å²) >= 11 is 0. The van der Waals surface area contributed by atoms with Crippen molar-refractivity contribution in [3.63, 3.8) is 0 Å². The Kier molecular flexibility index (Phi) is 6.62. The molecule has 0 amide bonds. The van der Waals surface area contributed by atoms with Gasteiger partial charge in [-0.3, -0.25) is 19.1 Å². The number of rotatable bonds is 8. The molecule has 0 aliphatic rings. The highest BCUT2D eigenvalue weighted by molar-refractivity contribution is 5.72. The maximum absolute atomic E-state index is 12.4. The molecule has 8 nitrogen and oxygen atoms in total. The van der Waals surface area contributed by atoms with Gasteiger partial charge in [-0.05, 0) is 18.3 Å². The number of hydrogen-bond donors (Lipinski definition) is 1. The molecule has 2 rings (SSSR count). The van der Waals surface area contributed by atoms with Gasteiger partial charge in [-0.2, -0.15) is 0 Å². The van der Waals surface area contributed by atoms with Crippen LogP contribution in [0.25, 0.3) is 11.2 Å². The van der Waals surface area contributed by atoms with E-state index in [-0.39, 0.29) is 18.0 Å². The molecule has 0 atom stereocenters. The van der Waals surface area contributed by atoms with Gasteiger partial charge in [0.2, 0.25) is 0 Å². The summed E-state index contributed by atoms with van der Waals surface area (Å²) in [6.07, 6.45) is 2.79. The molecule has 150 valence electrons. The second-order valence-corrected chi connectivity index (χ2v) is 8.01. The highest BCUT2D eigenvalue weighted by Gasteiger charge is 2.21. The van der Waals surface area contributed by atoms with E-state index in [4.69, 9.17) is 4.74 Å². The highest BCUT2D eigenvalue weighted by atomic mass is 16.5. The average molecular weight is 378 g/mol. The second-order valence-electron chi connectivity index (χ2n) is 8.01. The Morgan fingerprint density at radius 2 is 1.81 bits per heavy atom. The van der Waals surface area contributed by atoms with E-state index in [9.17, 15) is 14.4 Å². The first kappa shape index (κ1) is 20.9. The Hall–Kier alpha value is -2.38. The average Bonchev–Trinajstić information content (AvgIpc) is 2.90. The normalized spacial score (nSPS) is 11.9. The topological polar surface area (TPSA) is 99.0 Å². The van der Waals surface area contributed by atoms with Crippen LogP contribution in [0.2, 0.25) is 0 Å². The van der Waals surface area contributed by atoms with Gasteiger partial charge in [0.25, 0.3) is 5.56 Å². The van der Waals surface area contributed by atoms with Gasteiger partial charge in [0, 0.05) is 13.1 Å². The van der Waals surface area contributed by atoms with Crippen LogP contribution in [-0.4, -0.2) is 25.1 Å². The quantitative estimate of drug-likeness (QED) is 0.712. The van der Waals surface area contributed by atoms with Crippen molar-refractivity contribution in [1.29, 1.82) is 0 Å². The van der Waals surface area contributed by atoms with E-state index in [2.05, 4.69) is 9.97 Å². The zero-order valence-electron chi connectivity index (χ0n) is 16.9. The predicted molar refractivity (Wildman–Crippen MR) is 104 cm³/mol. The highest BCUT2D eigenvalue weighted by Crippen LogP contribution is 2.20. The fourth-order valence-electron chi connectivity index (χ4n) is 2.95. The van der Waals surface area contributed by atoms with Gasteiger partial charge in [-0.25, -0.2) is 9.78 Å². The van der Waals surface area contributed by atoms with E-state index >= 15 is 0 Å². The summed E-state index contributed by atoms with van der Waals surface area (Å²) < 4.78 is 8.63. The standard InChI is InChI=1S/C19H30N4O4/c1-6-8-10-23-16-15(17(25)21-18(23)26)22(9-7-2)13(20-16)12-27-14(24)11-19(3,4)5/h6-12H2,1-5H3,(H,21,25,26). The minimum atomic E-state index is -0.462. The molecule has 0 aromatic carbocycles. The molecule has 1 N–H and O–H groups in total. The maximum atomic E-state index is 12.4. The van der Waals surface area contributed by atoms with E-state index in [0.29, 0.717) is 36.5 Å².